The number of hydrogen-bond acceptors (Lipinski definition) is 5. The Balaban J connectivity index is 1.85. The first-order chi connectivity index (χ1) is 13.4. The van der Waals surface area contributed by atoms with Crippen LogP contribution in [0.5, 0.6) is 0 Å². The lowest BCUT2D eigenvalue weighted by atomic mass is 10.0. The summed E-state index contributed by atoms with van der Waals surface area (Å²) in [5.74, 6) is -2.33. The molecule has 2 aliphatic heterocycles. The largest absolute Gasteiger partial charge is 0.325 e. The predicted octanol–water partition coefficient (Wildman–Crippen LogP) is 1.95. The Hall–Kier alpha value is -3.03. The van der Waals surface area contributed by atoms with Gasteiger partial charge < -0.3 is 5.32 Å². The number of carbonyl (C=O) groups is 5. The summed E-state index contributed by atoms with van der Waals surface area (Å²) in [4.78, 5) is 64.0. The molecule has 1 fully saturated rings. The highest BCUT2D eigenvalue weighted by atomic mass is 16.2. The lowest BCUT2D eigenvalue weighted by molar-refractivity contribution is -0.149. The van der Waals surface area contributed by atoms with Gasteiger partial charge in [0.15, 0.2) is 0 Å². The number of amides is 5. The Kier molecular flexibility index (Phi) is 5.58. The summed E-state index contributed by atoms with van der Waals surface area (Å²) in [6.07, 6.45) is 3.18. The number of hydrogen-bond donors (Lipinski definition) is 1. The lowest BCUT2D eigenvalue weighted by Crippen LogP contribution is -2.54. The van der Waals surface area contributed by atoms with Crippen LogP contribution in [-0.2, 0) is 14.4 Å². The van der Waals surface area contributed by atoms with Crippen molar-refractivity contribution in [1.29, 1.82) is 0 Å². The van der Waals surface area contributed by atoms with Crippen LogP contribution in [0.1, 0.15) is 66.2 Å². The third-order valence-electron chi connectivity index (χ3n) is 5.16. The minimum Gasteiger partial charge on any atom is -0.325 e. The van der Waals surface area contributed by atoms with Gasteiger partial charge in [0.25, 0.3) is 17.7 Å². The molecule has 2 aliphatic rings. The third kappa shape index (κ3) is 3.42. The van der Waals surface area contributed by atoms with Crippen molar-refractivity contribution in [3.8, 4) is 0 Å². The summed E-state index contributed by atoms with van der Waals surface area (Å²) in [7, 11) is 1.34. The van der Waals surface area contributed by atoms with Crippen molar-refractivity contribution in [3.63, 3.8) is 0 Å². The van der Waals surface area contributed by atoms with Crippen LogP contribution in [0.3, 0.4) is 0 Å². The molecule has 148 valence electrons. The van der Waals surface area contributed by atoms with Crippen molar-refractivity contribution in [2.75, 3.05) is 12.4 Å². The number of nitrogens with one attached hydrogen (secondary N) is 1. The Labute approximate surface area is 162 Å². The topological polar surface area (TPSA) is 104 Å². The van der Waals surface area contributed by atoms with Crippen LogP contribution in [0.2, 0.25) is 0 Å². The van der Waals surface area contributed by atoms with Gasteiger partial charge in [-0.2, -0.15) is 0 Å². The summed E-state index contributed by atoms with van der Waals surface area (Å²) in [6.45, 7) is 2.04. The molecule has 0 aromatic heterocycles. The molecular weight excluding hydrogens is 362 g/mol. The molecule has 5 amide bonds. The van der Waals surface area contributed by atoms with E-state index in [-0.39, 0.29) is 41.5 Å². The normalized spacial score (nSPS) is 19.3. The molecule has 0 radical (unpaired) electrons. The van der Waals surface area contributed by atoms with Crippen LogP contribution in [0.25, 0.3) is 0 Å². The molecule has 1 saturated heterocycles. The maximum atomic E-state index is 13.0. The van der Waals surface area contributed by atoms with E-state index in [0.717, 1.165) is 29.1 Å². The zero-order valence-electron chi connectivity index (χ0n) is 16.0. The van der Waals surface area contributed by atoms with E-state index in [1.165, 1.54) is 13.1 Å². The highest BCUT2D eigenvalue weighted by Crippen LogP contribution is 2.33. The highest BCUT2D eigenvalue weighted by Gasteiger charge is 2.47. The van der Waals surface area contributed by atoms with Gasteiger partial charge in [0.1, 0.15) is 6.04 Å². The Morgan fingerprint density at radius 3 is 2.61 bits per heavy atom. The lowest BCUT2D eigenvalue weighted by Gasteiger charge is -2.32. The van der Waals surface area contributed by atoms with E-state index in [9.17, 15) is 24.0 Å². The van der Waals surface area contributed by atoms with Gasteiger partial charge in [0, 0.05) is 19.9 Å². The van der Waals surface area contributed by atoms with Gasteiger partial charge in [-0.1, -0.05) is 25.8 Å². The van der Waals surface area contributed by atoms with E-state index in [1.54, 1.807) is 12.1 Å². The molecule has 8 heteroatoms. The smallest absolute Gasteiger partial charge is 0.264 e. The number of anilines is 1. The van der Waals surface area contributed by atoms with Gasteiger partial charge in [-0.05, 0) is 25.0 Å². The number of fused-ring (bicyclic) bond motifs is 1. The van der Waals surface area contributed by atoms with Gasteiger partial charge in [-0.15, -0.1) is 0 Å². The van der Waals surface area contributed by atoms with Gasteiger partial charge >= 0.3 is 0 Å². The van der Waals surface area contributed by atoms with Gasteiger partial charge in [-0.25, -0.2) is 0 Å². The molecule has 0 saturated carbocycles. The molecule has 8 nitrogen and oxygen atoms in total. The monoisotopic (exact) mass is 385 g/mol. The first kappa shape index (κ1) is 19.7. The number of rotatable bonds is 6. The fourth-order valence-corrected chi connectivity index (χ4v) is 3.58. The van der Waals surface area contributed by atoms with Crippen molar-refractivity contribution < 1.29 is 24.0 Å². The minimum absolute atomic E-state index is 0.0847. The summed E-state index contributed by atoms with van der Waals surface area (Å²) >= 11 is 0. The quantitative estimate of drug-likeness (QED) is 0.595. The maximum absolute atomic E-state index is 13.0. The Morgan fingerprint density at radius 2 is 1.89 bits per heavy atom. The molecular formula is C20H23N3O5. The molecule has 0 aliphatic carbocycles. The Morgan fingerprint density at radius 1 is 1.14 bits per heavy atom. The average molecular weight is 385 g/mol. The number of unbranched alkanes of at least 4 members (excludes halogenated alkanes) is 2. The zero-order valence-corrected chi connectivity index (χ0v) is 16.0. The number of piperidine rings is 1. The summed E-state index contributed by atoms with van der Waals surface area (Å²) < 4.78 is 0. The van der Waals surface area contributed by atoms with Crippen molar-refractivity contribution >= 4 is 35.2 Å². The van der Waals surface area contributed by atoms with Crippen molar-refractivity contribution in [3.05, 3.63) is 29.3 Å². The molecule has 1 atom stereocenters. The molecule has 1 aromatic carbocycles. The van der Waals surface area contributed by atoms with Crippen LogP contribution < -0.4 is 5.32 Å². The minimum atomic E-state index is -1.01. The van der Waals surface area contributed by atoms with E-state index in [1.807, 2.05) is 6.92 Å². The van der Waals surface area contributed by atoms with Crippen molar-refractivity contribution in [2.45, 2.75) is 51.5 Å². The zero-order chi connectivity index (χ0) is 20.4. The molecule has 3 rings (SSSR count). The van der Waals surface area contributed by atoms with E-state index in [2.05, 4.69) is 5.32 Å². The van der Waals surface area contributed by atoms with E-state index in [0.29, 0.717) is 6.42 Å². The summed E-state index contributed by atoms with van der Waals surface area (Å²) in [6, 6.07) is 3.66. The Bertz CT molecular complexity index is 863. The molecule has 1 unspecified atom stereocenters. The highest BCUT2D eigenvalue weighted by molar-refractivity contribution is 6.26. The first-order valence-electron chi connectivity index (χ1n) is 9.48. The molecule has 0 spiro atoms. The number of carbonyl (C=O) groups excluding carboxylic acids is 5. The fraction of sp³-hybridized carbons (Fsp3) is 0.450. The first-order valence-corrected chi connectivity index (χ1v) is 9.48. The molecule has 0 bridgehead atoms. The van der Waals surface area contributed by atoms with Crippen LogP contribution in [-0.4, -0.2) is 52.4 Å². The van der Waals surface area contributed by atoms with Gasteiger partial charge in [0.2, 0.25) is 11.8 Å². The van der Waals surface area contributed by atoms with E-state index >= 15 is 0 Å². The predicted molar refractivity (Wildman–Crippen MR) is 101 cm³/mol. The van der Waals surface area contributed by atoms with E-state index < -0.39 is 23.8 Å². The van der Waals surface area contributed by atoms with Gasteiger partial charge in [0.05, 0.1) is 16.8 Å². The second kappa shape index (κ2) is 7.92. The fourth-order valence-electron chi connectivity index (χ4n) is 3.58. The molecule has 2 heterocycles. The number of imide groups is 2. The van der Waals surface area contributed by atoms with Crippen LogP contribution in [0.4, 0.5) is 5.69 Å². The number of benzene rings is 1. The average Bonchev–Trinajstić information content (AvgIpc) is 2.92. The summed E-state index contributed by atoms with van der Waals surface area (Å²) in [5.41, 5.74) is 0.528. The van der Waals surface area contributed by atoms with Crippen LogP contribution in [0.15, 0.2) is 18.2 Å². The van der Waals surface area contributed by atoms with Gasteiger partial charge in [-0.3, -0.25) is 33.8 Å². The standard InChI is InChI=1S/C20H23N3O5/c1-3-4-5-9-15(24)21-13-8-6-7-12-17(13)20(28)23(18(12)26)14-10-11-16(25)22(2)19(14)27/h6-8,14H,3-5,9-11H2,1-2H3,(H,21,24). The van der Waals surface area contributed by atoms with Crippen LogP contribution >= 0.6 is 0 Å². The van der Waals surface area contributed by atoms with Crippen molar-refractivity contribution in [1.82, 2.24) is 9.80 Å². The second-order valence-corrected chi connectivity index (χ2v) is 7.06. The summed E-state index contributed by atoms with van der Waals surface area (Å²) in [5, 5.41) is 2.71. The second-order valence-electron chi connectivity index (χ2n) is 7.06. The van der Waals surface area contributed by atoms with Crippen molar-refractivity contribution in [2.24, 2.45) is 0 Å². The molecule has 1 N–H and O–H groups in total. The number of nitrogens with zero attached hydrogens (tertiary/aromatic N) is 2. The maximum Gasteiger partial charge on any atom is 0.264 e. The number of likely N-dealkylation sites (N-methyl/N-ethyl adjacent to an activating group) is 1. The van der Waals surface area contributed by atoms with Crippen LogP contribution in [0, 0.1) is 0 Å². The molecule has 1 aromatic rings. The SMILES string of the molecule is CCCCCC(=O)Nc1cccc2c1C(=O)N(C1CCC(=O)N(C)C1=O)C2=O. The number of likely N-dealkylation sites (tertiary alicyclic amines) is 1. The van der Waals surface area contributed by atoms with E-state index in [4.69, 9.17) is 0 Å². The molecule has 28 heavy (non-hydrogen) atoms. The third-order valence-corrected chi connectivity index (χ3v) is 5.16.